The van der Waals surface area contributed by atoms with E-state index in [1.165, 1.54) is 0 Å². The minimum atomic E-state index is 0.0405. The van der Waals surface area contributed by atoms with E-state index in [9.17, 15) is 4.79 Å². The minimum absolute atomic E-state index is 0.0405. The lowest BCUT2D eigenvalue weighted by Gasteiger charge is -1.85. The largest absolute Gasteiger partial charge is 0.290 e. The molecule has 0 saturated carbocycles. The maximum Gasteiger partial charge on any atom is 0.178 e. The first-order chi connectivity index (χ1) is 8.33. The molecule has 1 heteroatoms. The van der Waals surface area contributed by atoms with E-state index >= 15 is 0 Å². The summed E-state index contributed by atoms with van der Waals surface area (Å²) in [4.78, 5) is 11.0. The highest BCUT2D eigenvalue weighted by molar-refractivity contribution is 6.00. The Morgan fingerprint density at radius 2 is 1.41 bits per heavy atom. The summed E-state index contributed by atoms with van der Waals surface area (Å²) < 4.78 is 0. The fourth-order valence-corrected chi connectivity index (χ4v) is 1.25. The second kappa shape index (κ2) is 8.05. The Morgan fingerprint density at radius 3 is 1.82 bits per heavy atom. The van der Waals surface area contributed by atoms with Crippen molar-refractivity contribution in [1.29, 1.82) is 0 Å². The van der Waals surface area contributed by atoms with Crippen LogP contribution in [-0.2, 0) is 4.79 Å². The van der Waals surface area contributed by atoms with Crippen molar-refractivity contribution in [2.24, 2.45) is 0 Å². The highest BCUT2D eigenvalue weighted by atomic mass is 16.1. The van der Waals surface area contributed by atoms with Gasteiger partial charge in [0.25, 0.3) is 0 Å². The third kappa shape index (κ3) is 6.10. The molecule has 2 rings (SSSR count). The van der Waals surface area contributed by atoms with Crippen molar-refractivity contribution in [2.45, 2.75) is 6.92 Å². The molecule has 0 bridgehead atoms. The van der Waals surface area contributed by atoms with E-state index in [1.807, 2.05) is 67.6 Å². The van der Waals surface area contributed by atoms with Crippen molar-refractivity contribution in [3.8, 4) is 0 Å². The Balaban J connectivity index is 0.000000202. The molecule has 0 atom stereocenters. The zero-order valence-electron chi connectivity index (χ0n) is 9.91. The minimum Gasteiger partial charge on any atom is -0.290 e. The van der Waals surface area contributed by atoms with Crippen molar-refractivity contribution in [2.75, 3.05) is 0 Å². The summed E-state index contributed by atoms with van der Waals surface area (Å²) >= 11 is 0. The van der Waals surface area contributed by atoms with E-state index in [0.29, 0.717) is 0 Å². The Morgan fingerprint density at radius 1 is 0.941 bits per heavy atom. The van der Waals surface area contributed by atoms with E-state index < -0.39 is 0 Å². The van der Waals surface area contributed by atoms with Crippen LogP contribution in [0.25, 0.3) is 0 Å². The number of benzene rings is 1. The van der Waals surface area contributed by atoms with Crippen LogP contribution in [0.15, 0.2) is 84.5 Å². The standard InChI is InChI=1S/C10H10O.C6H6/c1-2-5-10(11)8-9-6-3-4-7-9;1-2-4-6-5-3-1/h2-8H,1H3;1-6H/b5-2+;. The Labute approximate surface area is 102 Å². The molecule has 17 heavy (non-hydrogen) atoms. The number of hydrogen-bond donors (Lipinski definition) is 0. The molecule has 0 N–H and O–H groups in total. The third-order valence-corrected chi connectivity index (χ3v) is 1.99. The quantitative estimate of drug-likeness (QED) is 0.697. The molecule has 1 aliphatic carbocycles. The molecule has 0 unspecified atom stereocenters. The number of rotatable bonds is 2. The van der Waals surface area contributed by atoms with Crippen LogP contribution in [-0.4, -0.2) is 5.78 Å². The van der Waals surface area contributed by atoms with Crippen LogP contribution < -0.4 is 0 Å². The summed E-state index contributed by atoms with van der Waals surface area (Å²) in [7, 11) is 0. The summed E-state index contributed by atoms with van der Waals surface area (Å²) in [6.07, 6.45) is 12.5. The summed E-state index contributed by atoms with van der Waals surface area (Å²) in [5.74, 6) is 0.0405. The molecule has 0 aliphatic heterocycles. The molecule has 0 radical (unpaired) electrons. The van der Waals surface area contributed by atoms with Gasteiger partial charge in [-0.25, -0.2) is 0 Å². The van der Waals surface area contributed by atoms with E-state index in [4.69, 9.17) is 0 Å². The van der Waals surface area contributed by atoms with Gasteiger partial charge < -0.3 is 0 Å². The average molecular weight is 224 g/mol. The van der Waals surface area contributed by atoms with Crippen molar-refractivity contribution in [3.05, 3.63) is 84.5 Å². The molecule has 1 nitrogen and oxygen atoms in total. The summed E-state index contributed by atoms with van der Waals surface area (Å²) in [6, 6.07) is 12.0. The fourth-order valence-electron chi connectivity index (χ4n) is 1.25. The summed E-state index contributed by atoms with van der Waals surface area (Å²) in [5.41, 5.74) is 0.966. The molecular formula is C16H16O. The van der Waals surface area contributed by atoms with Crippen molar-refractivity contribution >= 4 is 5.78 Å². The number of allylic oxidation sites excluding steroid dienone is 8. The zero-order valence-corrected chi connectivity index (χ0v) is 9.91. The third-order valence-electron chi connectivity index (χ3n) is 1.99. The number of carbonyl (C=O) groups is 1. The zero-order chi connectivity index (χ0) is 12.3. The average Bonchev–Trinajstić information content (AvgIpc) is 2.85. The normalized spacial score (nSPS) is 12.4. The predicted molar refractivity (Wildman–Crippen MR) is 72.6 cm³/mol. The molecule has 1 aliphatic rings. The smallest absolute Gasteiger partial charge is 0.178 e. The number of ketones is 1. The Hall–Kier alpha value is -2.15. The molecule has 0 spiro atoms. The monoisotopic (exact) mass is 224 g/mol. The van der Waals surface area contributed by atoms with Crippen LogP contribution in [0, 0.1) is 0 Å². The fraction of sp³-hybridized carbons (Fsp3) is 0.0625. The predicted octanol–water partition coefficient (Wildman–Crippen LogP) is 3.87. The van der Waals surface area contributed by atoms with Gasteiger partial charge in [-0.1, -0.05) is 66.8 Å². The Bertz CT molecular complexity index is 407. The van der Waals surface area contributed by atoms with Gasteiger partial charge in [-0.2, -0.15) is 0 Å². The molecule has 0 saturated heterocycles. The van der Waals surface area contributed by atoms with Crippen LogP contribution in [0.5, 0.6) is 0 Å². The van der Waals surface area contributed by atoms with Crippen LogP contribution >= 0.6 is 0 Å². The van der Waals surface area contributed by atoms with Crippen LogP contribution in [0.2, 0.25) is 0 Å². The van der Waals surface area contributed by atoms with Gasteiger partial charge in [0.1, 0.15) is 0 Å². The van der Waals surface area contributed by atoms with Gasteiger partial charge >= 0.3 is 0 Å². The van der Waals surface area contributed by atoms with Crippen molar-refractivity contribution < 1.29 is 4.79 Å². The first-order valence-electron chi connectivity index (χ1n) is 5.56. The first kappa shape index (κ1) is 12.9. The highest BCUT2D eigenvalue weighted by Crippen LogP contribution is 2.06. The molecule has 0 fully saturated rings. The molecule has 86 valence electrons. The van der Waals surface area contributed by atoms with E-state index in [1.54, 1.807) is 18.2 Å². The highest BCUT2D eigenvalue weighted by Gasteiger charge is 1.94. The van der Waals surface area contributed by atoms with Gasteiger partial charge in [0.05, 0.1) is 0 Å². The lowest BCUT2D eigenvalue weighted by molar-refractivity contribution is -0.110. The molecule has 0 amide bonds. The molecule has 0 aromatic heterocycles. The van der Waals surface area contributed by atoms with Gasteiger partial charge in [-0.3, -0.25) is 4.79 Å². The topological polar surface area (TPSA) is 17.1 Å². The van der Waals surface area contributed by atoms with Crippen molar-refractivity contribution in [1.82, 2.24) is 0 Å². The van der Waals surface area contributed by atoms with Crippen LogP contribution in [0.4, 0.5) is 0 Å². The lowest BCUT2D eigenvalue weighted by Crippen LogP contribution is -1.85. The molecule has 1 aromatic rings. The van der Waals surface area contributed by atoms with Gasteiger partial charge in [0.15, 0.2) is 5.78 Å². The Kier molecular flexibility index (Phi) is 6.12. The molecule has 0 heterocycles. The van der Waals surface area contributed by atoms with E-state index in [0.717, 1.165) is 5.57 Å². The molecule has 1 aromatic carbocycles. The second-order valence-corrected chi connectivity index (χ2v) is 3.42. The van der Waals surface area contributed by atoms with Crippen LogP contribution in [0.3, 0.4) is 0 Å². The molecular weight excluding hydrogens is 208 g/mol. The number of hydrogen-bond acceptors (Lipinski definition) is 1. The van der Waals surface area contributed by atoms with Crippen LogP contribution in [0.1, 0.15) is 6.92 Å². The second-order valence-electron chi connectivity index (χ2n) is 3.42. The van der Waals surface area contributed by atoms with E-state index in [-0.39, 0.29) is 5.78 Å². The van der Waals surface area contributed by atoms with Gasteiger partial charge in [-0.05, 0) is 24.6 Å². The maximum atomic E-state index is 11.0. The van der Waals surface area contributed by atoms with Gasteiger partial charge in [0.2, 0.25) is 0 Å². The lowest BCUT2D eigenvalue weighted by atomic mass is 10.2. The van der Waals surface area contributed by atoms with E-state index in [2.05, 4.69) is 0 Å². The first-order valence-corrected chi connectivity index (χ1v) is 5.56. The van der Waals surface area contributed by atoms with Gasteiger partial charge in [0, 0.05) is 0 Å². The number of carbonyl (C=O) groups excluding carboxylic acids is 1. The SMILES string of the molecule is C/C=C/C(=O)C=C1C=CC=C1.c1ccccc1. The van der Waals surface area contributed by atoms with Crippen molar-refractivity contribution in [3.63, 3.8) is 0 Å². The summed E-state index contributed by atoms with van der Waals surface area (Å²) in [6.45, 7) is 1.83. The van der Waals surface area contributed by atoms with Gasteiger partial charge in [-0.15, -0.1) is 0 Å². The maximum absolute atomic E-state index is 11.0. The summed E-state index contributed by atoms with van der Waals surface area (Å²) in [5, 5.41) is 0.